The summed E-state index contributed by atoms with van der Waals surface area (Å²) in [5, 5.41) is 0. The number of aryl methyl sites for hydroxylation is 4. The first-order valence-electron chi connectivity index (χ1n) is 8.05. The SMILES string of the molecule is C.C.Cc1ccc(C)cc1.Cc1cccc(N)c1.Cc1ccccc1N. The highest BCUT2D eigenvalue weighted by molar-refractivity contribution is 5.45. The Morgan fingerprint density at radius 3 is 1.35 bits per heavy atom. The first kappa shape index (κ1) is 25.5. The van der Waals surface area contributed by atoms with Gasteiger partial charge < -0.3 is 11.5 Å². The van der Waals surface area contributed by atoms with Crippen molar-refractivity contribution < 1.29 is 0 Å². The van der Waals surface area contributed by atoms with E-state index < -0.39 is 0 Å². The summed E-state index contributed by atoms with van der Waals surface area (Å²) >= 11 is 0. The summed E-state index contributed by atoms with van der Waals surface area (Å²) in [5.74, 6) is 0. The van der Waals surface area contributed by atoms with Crippen molar-refractivity contribution in [1.29, 1.82) is 0 Å². The Labute approximate surface area is 160 Å². The summed E-state index contributed by atoms with van der Waals surface area (Å²) in [6.07, 6.45) is 0. The highest BCUT2D eigenvalue weighted by Gasteiger charge is 1.84. The maximum atomic E-state index is 5.52. The first-order valence-corrected chi connectivity index (χ1v) is 8.05. The van der Waals surface area contributed by atoms with Gasteiger partial charge in [0.25, 0.3) is 0 Å². The number of hydrogen-bond donors (Lipinski definition) is 2. The lowest BCUT2D eigenvalue weighted by Gasteiger charge is -1.93. The number of benzene rings is 3. The van der Waals surface area contributed by atoms with Crippen molar-refractivity contribution in [2.24, 2.45) is 0 Å². The van der Waals surface area contributed by atoms with Gasteiger partial charge in [0.05, 0.1) is 0 Å². The number of para-hydroxylation sites is 1. The van der Waals surface area contributed by atoms with E-state index in [9.17, 15) is 0 Å². The Balaban J connectivity index is 0. The van der Waals surface area contributed by atoms with Crippen LogP contribution in [0.4, 0.5) is 11.4 Å². The summed E-state index contributed by atoms with van der Waals surface area (Å²) in [5.41, 5.74) is 17.7. The number of nitrogen functional groups attached to an aromatic ring is 2. The smallest absolute Gasteiger partial charge is 0.0343 e. The van der Waals surface area contributed by atoms with Crippen molar-refractivity contribution in [2.75, 3.05) is 11.5 Å². The average Bonchev–Trinajstić information content (AvgIpc) is 2.54. The fourth-order valence-corrected chi connectivity index (χ4v) is 1.89. The van der Waals surface area contributed by atoms with Crippen molar-refractivity contribution >= 4 is 11.4 Å². The van der Waals surface area contributed by atoms with Crippen LogP contribution in [0, 0.1) is 27.7 Å². The highest BCUT2D eigenvalue weighted by Crippen LogP contribution is 2.06. The molecule has 0 radical (unpaired) electrons. The molecule has 0 aromatic heterocycles. The Bertz CT molecular complexity index is 672. The fraction of sp³-hybridized carbons (Fsp3) is 0.250. The molecule has 3 aromatic rings. The van der Waals surface area contributed by atoms with Crippen LogP contribution in [-0.2, 0) is 0 Å². The normalized spacial score (nSPS) is 8.46. The molecule has 26 heavy (non-hydrogen) atoms. The summed E-state index contributed by atoms with van der Waals surface area (Å²) in [6, 6.07) is 24.1. The summed E-state index contributed by atoms with van der Waals surface area (Å²) in [4.78, 5) is 0. The Hall–Kier alpha value is -2.74. The van der Waals surface area contributed by atoms with Crippen LogP contribution in [0.5, 0.6) is 0 Å². The van der Waals surface area contributed by atoms with E-state index in [1.165, 1.54) is 16.7 Å². The maximum Gasteiger partial charge on any atom is 0.0343 e. The third-order valence-electron chi connectivity index (χ3n) is 3.45. The van der Waals surface area contributed by atoms with Gasteiger partial charge >= 0.3 is 0 Å². The third-order valence-corrected chi connectivity index (χ3v) is 3.45. The quantitative estimate of drug-likeness (QED) is 0.441. The van der Waals surface area contributed by atoms with Gasteiger partial charge in [-0.2, -0.15) is 0 Å². The van der Waals surface area contributed by atoms with Crippen molar-refractivity contribution in [2.45, 2.75) is 42.5 Å². The van der Waals surface area contributed by atoms with Crippen molar-refractivity contribution in [3.05, 3.63) is 95.1 Å². The zero-order chi connectivity index (χ0) is 17.9. The minimum atomic E-state index is 0. The molecular weight excluding hydrogens is 316 g/mol. The molecule has 2 nitrogen and oxygen atoms in total. The molecule has 0 aliphatic heterocycles. The molecule has 142 valence electrons. The monoisotopic (exact) mass is 352 g/mol. The lowest BCUT2D eigenvalue weighted by Crippen LogP contribution is -1.85. The van der Waals surface area contributed by atoms with E-state index >= 15 is 0 Å². The van der Waals surface area contributed by atoms with Gasteiger partial charge in [-0.15, -0.1) is 0 Å². The summed E-state index contributed by atoms with van der Waals surface area (Å²) in [7, 11) is 0. The Morgan fingerprint density at radius 2 is 1.04 bits per heavy atom. The van der Waals surface area contributed by atoms with Crippen LogP contribution in [0.1, 0.15) is 37.1 Å². The van der Waals surface area contributed by atoms with Crippen LogP contribution in [0.15, 0.2) is 72.8 Å². The van der Waals surface area contributed by atoms with Crippen molar-refractivity contribution in [1.82, 2.24) is 0 Å². The maximum absolute atomic E-state index is 5.52. The third kappa shape index (κ3) is 10.9. The predicted octanol–water partition coefficient (Wildman–Crippen LogP) is 6.73. The number of nitrogens with two attached hydrogens (primary N) is 2. The Kier molecular flexibility index (Phi) is 13.3. The average molecular weight is 353 g/mol. The first-order chi connectivity index (χ1) is 11.4. The van der Waals surface area contributed by atoms with Crippen LogP contribution in [0.25, 0.3) is 0 Å². The van der Waals surface area contributed by atoms with E-state index in [-0.39, 0.29) is 14.9 Å². The molecule has 0 amide bonds. The highest BCUT2D eigenvalue weighted by atomic mass is 14.5. The van der Waals surface area contributed by atoms with Crippen LogP contribution < -0.4 is 11.5 Å². The second-order valence-corrected chi connectivity index (χ2v) is 5.93. The molecular formula is C24H36N2. The lowest BCUT2D eigenvalue weighted by atomic mass is 10.2. The molecule has 3 aromatic carbocycles. The van der Waals surface area contributed by atoms with Crippen LogP contribution in [0.3, 0.4) is 0 Å². The van der Waals surface area contributed by atoms with Crippen LogP contribution in [0.2, 0.25) is 0 Å². The van der Waals surface area contributed by atoms with Crippen LogP contribution >= 0.6 is 0 Å². The van der Waals surface area contributed by atoms with Crippen molar-refractivity contribution in [3.8, 4) is 0 Å². The van der Waals surface area contributed by atoms with Crippen LogP contribution in [-0.4, -0.2) is 0 Å². The topological polar surface area (TPSA) is 52.0 Å². The summed E-state index contributed by atoms with van der Waals surface area (Å²) in [6.45, 7) is 8.21. The van der Waals surface area contributed by atoms with Gasteiger partial charge in [0, 0.05) is 11.4 Å². The molecule has 0 spiro atoms. The molecule has 0 atom stereocenters. The van der Waals surface area contributed by atoms with Crippen molar-refractivity contribution in [3.63, 3.8) is 0 Å². The van der Waals surface area contributed by atoms with Gasteiger partial charge in [0.15, 0.2) is 0 Å². The molecule has 2 heteroatoms. The van der Waals surface area contributed by atoms with E-state index in [0.717, 1.165) is 16.9 Å². The largest absolute Gasteiger partial charge is 0.399 e. The molecule has 0 bridgehead atoms. The molecule has 0 unspecified atom stereocenters. The number of hydrogen-bond acceptors (Lipinski definition) is 2. The molecule has 0 fully saturated rings. The van der Waals surface area contributed by atoms with Gasteiger partial charge in [0.2, 0.25) is 0 Å². The predicted molar refractivity (Wildman–Crippen MR) is 121 cm³/mol. The molecule has 0 aliphatic carbocycles. The number of anilines is 2. The van der Waals surface area contributed by atoms with E-state index in [1.807, 2.05) is 62.4 Å². The van der Waals surface area contributed by atoms with E-state index in [0.29, 0.717) is 0 Å². The standard InChI is InChI=1S/C8H10.2C7H9N.2CH4/c1-7-3-5-8(2)6-4-7;1-6-3-2-4-7(8)5-6;1-6-4-2-3-5-7(6)8;;/h3-6H,1-2H3;2*2-5H,8H2,1H3;2*1H4. The second-order valence-electron chi connectivity index (χ2n) is 5.93. The minimum absolute atomic E-state index is 0. The lowest BCUT2D eigenvalue weighted by molar-refractivity contribution is 1.40. The molecule has 0 saturated carbocycles. The van der Waals surface area contributed by atoms with Gasteiger partial charge in [-0.3, -0.25) is 0 Å². The molecule has 0 saturated heterocycles. The second kappa shape index (κ2) is 13.5. The fourth-order valence-electron chi connectivity index (χ4n) is 1.89. The zero-order valence-electron chi connectivity index (χ0n) is 15.1. The summed E-state index contributed by atoms with van der Waals surface area (Å²) < 4.78 is 0. The molecule has 3 rings (SSSR count). The van der Waals surface area contributed by atoms with Gasteiger partial charge in [-0.05, 0) is 57.0 Å². The van der Waals surface area contributed by atoms with E-state index in [1.54, 1.807) is 0 Å². The number of rotatable bonds is 0. The zero-order valence-corrected chi connectivity index (χ0v) is 15.1. The van der Waals surface area contributed by atoms with Gasteiger partial charge in [0.1, 0.15) is 0 Å². The minimum Gasteiger partial charge on any atom is -0.399 e. The Morgan fingerprint density at radius 1 is 0.538 bits per heavy atom. The van der Waals surface area contributed by atoms with E-state index in [2.05, 4.69) is 38.1 Å². The molecule has 0 aliphatic rings. The molecule has 0 heterocycles. The molecule has 4 N–H and O–H groups in total. The van der Waals surface area contributed by atoms with E-state index in [4.69, 9.17) is 11.5 Å². The van der Waals surface area contributed by atoms with Gasteiger partial charge in [-0.1, -0.05) is 80.6 Å². The van der Waals surface area contributed by atoms with Gasteiger partial charge in [-0.25, -0.2) is 0 Å².